The number of anilines is 1. The summed E-state index contributed by atoms with van der Waals surface area (Å²) in [5.41, 5.74) is 2.91. The van der Waals surface area contributed by atoms with Gasteiger partial charge in [0.2, 0.25) is 0 Å². The van der Waals surface area contributed by atoms with Crippen LogP contribution in [0.3, 0.4) is 0 Å². The third kappa shape index (κ3) is 3.24. The number of benzene rings is 2. The summed E-state index contributed by atoms with van der Waals surface area (Å²) < 4.78 is 12.3. The van der Waals surface area contributed by atoms with Crippen molar-refractivity contribution in [1.29, 1.82) is 0 Å². The van der Waals surface area contributed by atoms with Gasteiger partial charge in [0.1, 0.15) is 17.2 Å². The lowest BCUT2D eigenvalue weighted by atomic mass is 10.2. The maximum absolute atomic E-state index is 12.8. The number of imidazole rings is 1. The SMILES string of the molecule is COc1ccc(-c2cn3c(C(=O)Nc4ccccc4OC)csc3n2)cc1. The number of thiazole rings is 1. The van der Waals surface area contributed by atoms with Gasteiger partial charge in [-0.15, -0.1) is 11.3 Å². The molecular weight excluding hydrogens is 362 g/mol. The Morgan fingerprint density at radius 2 is 1.85 bits per heavy atom. The highest BCUT2D eigenvalue weighted by atomic mass is 32.1. The lowest BCUT2D eigenvalue weighted by Crippen LogP contribution is -2.14. The van der Waals surface area contributed by atoms with Gasteiger partial charge in [0, 0.05) is 17.1 Å². The first-order chi connectivity index (χ1) is 13.2. The topological polar surface area (TPSA) is 64.9 Å². The normalized spacial score (nSPS) is 10.7. The van der Waals surface area contributed by atoms with Gasteiger partial charge in [-0.2, -0.15) is 0 Å². The molecule has 0 fully saturated rings. The van der Waals surface area contributed by atoms with Crippen LogP contribution in [0.25, 0.3) is 16.2 Å². The molecule has 0 spiro atoms. The second kappa shape index (κ2) is 7.13. The van der Waals surface area contributed by atoms with E-state index in [0.717, 1.165) is 22.0 Å². The molecule has 27 heavy (non-hydrogen) atoms. The van der Waals surface area contributed by atoms with Crippen LogP contribution in [0.15, 0.2) is 60.1 Å². The Kier molecular flexibility index (Phi) is 4.52. The Balaban J connectivity index is 1.64. The van der Waals surface area contributed by atoms with E-state index in [1.807, 2.05) is 42.6 Å². The zero-order chi connectivity index (χ0) is 18.8. The van der Waals surface area contributed by atoms with Gasteiger partial charge < -0.3 is 14.8 Å². The average Bonchev–Trinajstić information content (AvgIpc) is 3.29. The predicted octanol–water partition coefficient (Wildman–Crippen LogP) is 4.33. The first kappa shape index (κ1) is 17.1. The number of para-hydroxylation sites is 2. The van der Waals surface area contributed by atoms with Crippen molar-refractivity contribution in [3.8, 4) is 22.8 Å². The molecule has 2 aromatic carbocycles. The van der Waals surface area contributed by atoms with Crippen LogP contribution in [-0.4, -0.2) is 29.5 Å². The predicted molar refractivity (Wildman–Crippen MR) is 106 cm³/mol. The zero-order valence-electron chi connectivity index (χ0n) is 14.8. The van der Waals surface area contributed by atoms with E-state index in [1.54, 1.807) is 36.1 Å². The van der Waals surface area contributed by atoms with Crippen LogP contribution in [0.4, 0.5) is 5.69 Å². The summed E-state index contributed by atoms with van der Waals surface area (Å²) in [5, 5.41) is 4.69. The summed E-state index contributed by atoms with van der Waals surface area (Å²) in [6.07, 6.45) is 1.87. The summed E-state index contributed by atoms with van der Waals surface area (Å²) >= 11 is 1.42. The van der Waals surface area contributed by atoms with Crippen molar-refractivity contribution in [2.24, 2.45) is 0 Å². The molecule has 7 heteroatoms. The fourth-order valence-electron chi connectivity index (χ4n) is 2.78. The number of ether oxygens (including phenoxy) is 2. The number of carbonyl (C=O) groups is 1. The number of methoxy groups -OCH3 is 2. The number of nitrogens with one attached hydrogen (secondary N) is 1. The number of aromatic nitrogens is 2. The Morgan fingerprint density at radius 3 is 2.59 bits per heavy atom. The number of hydrogen-bond acceptors (Lipinski definition) is 5. The third-order valence-corrected chi connectivity index (χ3v) is 5.02. The minimum absolute atomic E-state index is 0.218. The monoisotopic (exact) mass is 379 g/mol. The van der Waals surface area contributed by atoms with Crippen molar-refractivity contribution < 1.29 is 14.3 Å². The first-order valence-electron chi connectivity index (χ1n) is 8.25. The summed E-state index contributed by atoms with van der Waals surface area (Å²) in [6, 6.07) is 15.0. The number of amides is 1. The molecule has 2 heterocycles. The number of hydrogen-bond donors (Lipinski definition) is 1. The smallest absolute Gasteiger partial charge is 0.273 e. The molecule has 2 aromatic heterocycles. The van der Waals surface area contributed by atoms with E-state index in [9.17, 15) is 4.79 Å². The van der Waals surface area contributed by atoms with Crippen LogP contribution < -0.4 is 14.8 Å². The van der Waals surface area contributed by atoms with Gasteiger partial charge in [0.15, 0.2) is 4.96 Å². The molecule has 0 bridgehead atoms. The van der Waals surface area contributed by atoms with Gasteiger partial charge in [-0.1, -0.05) is 12.1 Å². The minimum Gasteiger partial charge on any atom is -0.497 e. The van der Waals surface area contributed by atoms with E-state index >= 15 is 0 Å². The van der Waals surface area contributed by atoms with Gasteiger partial charge in [0.05, 0.1) is 25.6 Å². The summed E-state index contributed by atoms with van der Waals surface area (Å²) in [7, 11) is 3.21. The van der Waals surface area contributed by atoms with E-state index in [0.29, 0.717) is 17.1 Å². The molecule has 4 rings (SSSR count). The van der Waals surface area contributed by atoms with Crippen molar-refractivity contribution in [3.05, 3.63) is 65.8 Å². The van der Waals surface area contributed by atoms with Gasteiger partial charge in [0.25, 0.3) is 5.91 Å². The summed E-state index contributed by atoms with van der Waals surface area (Å²) in [5.74, 6) is 1.18. The third-order valence-electron chi connectivity index (χ3n) is 4.18. The summed E-state index contributed by atoms with van der Waals surface area (Å²) in [4.78, 5) is 18.1. The van der Waals surface area contributed by atoms with E-state index < -0.39 is 0 Å². The van der Waals surface area contributed by atoms with Crippen molar-refractivity contribution in [2.75, 3.05) is 19.5 Å². The number of nitrogens with zero attached hydrogens (tertiary/aromatic N) is 2. The Hall–Kier alpha value is -3.32. The molecule has 6 nitrogen and oxygen atoms in total. The standard InChI is InChI=1S/C20H17N3O3S/c1-25-14-9-7-13(8-10-14)16-11-23-17(12-27-20(23)22-16)19(24)21-15-5-3-4-6-18(15)26-2/h3-12H,1-2H3,(H,21,24). The van der Waals surface area contributed by atoms with Crippen molar-refractivity contribution in [2.45, 2.75) is 0 Å². The van der Waals surface area contributed by atoms with E-state index in [2.05, 4.69) is 10.3 Å². The van der Waals surface area contributed by atoms with E-state index in [-0.39, 0.29) is 5.91 Å². The molecule has 0 unspecified atom stereocenters. The van der Waals surface area contributed by atoms with Crippen LogP contribution in [-0.2, 0) is 0 Å². The molecule has 0 radical (unpaired) electrons. The quantitative estimate of drug-likeness (QED) is 0.560. The molecule has 0 atom stereocenters. The highest BCUT2D eigenvalue weighted by Crippen LogP contribution is 2.27. The molecule has 0 saturated carbocycles. The minimum atomic E-state index is -0.218. The van der Waals surface area contributed by atoms with Crippen LogP contribution >= 0.6 is 11.3 Å². The van der Waals surface area contributed by atoms with Crippen LogP contribution in [0.5, 0.6) is 11.5 Å². The zero-order valence-corrected chi connectivity index (χ0v) is 15.6. The molecule has 0 saturated heterocycles. The average molecular weight is 379 g/mol. The molecule has 1 N–H and O–H groups in total. The van der Waals surface area contributed by atoms with Crippen LogP contribution in [0.1, 0.15) is 10.5 Å². The molecule has 1 amide bonds. The van der Waals surface area contributed by atoms with Crippen LogP contribution in [0.2, 0.25) is 0 Å². The Labute approximate surface area is 160 Å². The van der Waals surface area contributed by atoms with Gasteiger partial charge >= 0.3 is 0 Å². The number of carbonyl (C=O) groups excluding carboxylic acids is 1. The van der Waals surface area contributed by atoms with E-state index in [4.69, 9.17) is 9.47 Å². The molecule has 0 aliphatic heterocycles. The fraction of sp³-hybridized carbons (Fsp3) is 0.100. The highest BCUT2D eigenvalue weighted by Gasteiger charge is 2.16. The van der Waals surface area contributed by atoms with Crippen molar-refractivity contribution >= 4 is 27.9 Å². The second-order valence-electron chi connectivity index (χ2n) is 5.78. The molecule has 136 valence electrons. The van der Waals surface area contributed by atoms with Crippen molar-refractivity contribution in [3.63, 3.8) is 0 Å². The second-order valence-corrected chi connectivity index (χ2v) is 6.62. The lowest BCUT2D eigenvalue weighted by molar-refractivity contribution is 0.102. The lowest BCUT2D eigenvalue weighted by Gasteiger charge is -2.09. The largest absolute Gasteiger partial charge is 0.497 e. The van der Waals surface area contributed by atoms with Gasteiger partial charge in [-0.05, 0) is 36.4 Å². The first-order valence-corrected chi connectivity index (χ1v) is 9.13. The Bertz CT molecular complexity index is 1100. The maximum Gasteiger partial charge on any atom is 0.273 e. The van der Waals surface area contributed by atoms with E-state index in [1.165, 1.54) is 11.3 Å². The molecule has 4 aromatic rings. The maximum atomic E-state index is 12.8. The molecule has 0 aliphatic rings. The van der Waals surface area contributed by atoms with Gasteiger partial charge in [-0.25, -0.2) is 4.98 Å². The number of rotatable bonds is 5. The molecule has 0 aliphatic carbocycles. The van der Waals surface area contributed by atoms with Crippen LogP contribution in [0, 0.1) is 0 Å². The Morgan fingerprint density at radius 1 is 1.07 bits per heavy atom. The number of fused-ring (bicyclic) bond motifs is 1. The molecular formula is C20H17N3O3S. The fourth-order valence-corrected chi connectivity index (χ4v) is 3.64. The van der Waals surface area contributed by atoms with Gasteiger partial charge in [-0.3, -0.25) is 9.20 Å². The summed E-state index contributed by atoms with van der Waals surface area (Å²) in [6.45, 7) is 0. The highest BCUT2D eigenvalue weighted by molar-refractivity contribution is 7.15. The van der Waals surface area contributed by atoms with Crippen molar-refractivity contribution in [1.82, 2.24) is 9.38 Å².